The lowest BCUT2D eigenvalue weighted by Crippen LogP contribution is -2.46. The number of anilines is 1. The first-order valence-corrected chi connectivity index (χ1v) is 8.07. The van der Waals surface area contributed by atoms with Gasteiger partial charge in [0.25, 0.3) is 0 Å². The first-order chi connectivity index (χ1) is 11.6. The van der Waals surface area contributed by atoms with Gasteiger partial charge in [-0.25, -0.2) is 0 Å². The summed E-state index contributed by atoms with van der Waals surface area (Å²) in [7, 11) is 3.54. The Hall–Kier alpha value is -2.47. The van der Waals surface area contributed by atoms with Crippen molar-refractivity contribution in [1.29, 1.82) is 0 Å². The zero-order chi connectivity index (χ0) is 17.1. The van der Waals surface area contributed by atoms with Crippen LogP contribution in [0.3, 0.4) is 0 Å². The fourth-order valence-corrected chi connectivity index (χ4v) is 3.08. The molecule has 0 amide bonds. The molecule has 1 aromatic heterocycles. The van der Waals surface area contributed by atoms with Crippen molar-refractivity contribution in [1.82, 2.24) is 9.47 Å². The summed E-state index contributed by atoms with van der Waals surface area (Å²) in [6.07, 6.45) is 1.47. The zero-order valence-corrected chi connectivity index (χ0v) is 14.1. The van der Waals surface area contributed by atoms with Gasteiger partial charge in [0.15, 0.2) is 5.75 Å². The van der Waals surface area contributed by atoms with Crippen LogP contribution in [0.4, 0.5) is 5.69 Å². The molecule has 6 heteroatoms. The van der Waals surface area contributed by atoms with Gasteiger partial charge in [0, 0.05) is 57.7 Å². The first kappa shape index (κ1) is 16.4. The molecule has 0 spiro atoms. The standard InChI is InChI=1S/C18H23N3O3/c1-19-13-17(23)16(22)11-14(19)12-20-7-9-21(10-8-20)15-5-3-4-6-18(15)24-2/h3-6,11,13,23H,7-10,12H2,1-2H3. The van der Waals surface area contributed by atoms with Crippen molar-refractivity contribution in [2.24, 2.45) is 7.05 Å². The highest BCUT2D eigenvalue weighted by molar-refractivity contribution is 5.58. The highest BCUT2D eigenvalue weighted by Crippen LogP contribution is 2.28. The van der Waals surface area contributed by atoms with E-state index in [2.05, 4.69) is 15.9 Å². The van der Waals surface area contributed by atoms with Crippen molar-refractivity contribution in [3.63, 3.8) is 0 Å². The summed E-state index contributed by atoms with van der Waals surface area (Å²) >= 11 is 0. The molecule has 0 radical (unpaired) electrons. The molecular formula is C18H23N3O3. The average molecular weight is 329 g/mol. The molecular weight excluding hydrogens is 306 g/mol. The summed E-state index contributed by atoms with van der Waals surface area (Å²) in [5.74, 6) is 0.689. The SMILES string of the molecule is COc1ccccc1N1CCN(Cc2cc(=O)c(O)cn2C)CC1. The Morgan fingerprint density at radius 2 is 1.88 bits per heavy atom. The van der Waals surface area contributed by atoms with E-state index in [1.165, 1.54) is 12.3 Å². The Kier molecular flexibility index (Phi) is 4.76. The third kappa shape index (κ3) is 3.38. The van der Waals surface area contributed by atoms with Crippen molar-refractivity contribution >= 4 is 5.69 Å². The van der Waals surface area contributed by atoms with Crippen molar-refractivity contribution < 1.29 is 9.84 Å². The van der Waals surface area contributed by atoms with Crippen LogP contribution >= 0.6 is 0 Å². The molecule has 1 N–H and O–H groups in total. The van der Waals surface area contributed by atoms with E-state index in [-0.39, 0.29) is 11.2 Å². The van der Waals surface area contributed by atoms with E-state index in [0.29, 0.717) is 6.54 Å². The minimum atomic E-state index is -0.323. The number of benzene rings is 1. The monoisotopic (exact) mass is 329 g/mol. The lowest BCUT2D eigenvalue weighted by atomic mass is 10.2. The van der Waals surface area contributed by atoms with Crippen LogP contribution in [0, 0.1) is 0 Å². The van der Waals surface area contributed by atoms with E-state index in [9.17, 15) is 9.90 Å². The molecule has 1 aliphatic heterocycles. The maximum atomic E-state index is 11.6. The highest BCUT2D eigenvalue weighted by atomic mass is 16.5. The van der Waals surface area contributed by atoms with Gasteiger partial charge in [0.1, 0.15) is 5.75 Å². The lowest BCUT2D eigenvalue weighted by molar-refractivity contribution is 0.243. The van der Waals surface area contributed by atoms with Crippen molar-refractivity contribution in [3.05, 3.63) is 52.4 Å². The second-order valence-electron chi connectivity index (χ2n) is 6.06. The molecule has 3 rings (SSSR count). The molecule has 0 saturated carbocycles. The largest absolute Gasteiger partial charge is 0.503 e. The molecule has 24 heavy (non-hydrogen) atoms. The summed E-state index contributed by atoms with van der Waals surface area (Å²) in [6, 6.07) is 9.58. The molecule has 1 aromatic carbocycles. The van der Waals surface area contributed by atoms with Crippen molar-refractivity contribution in [2.75, 3.05) is 38.2 Å². The molecule has 128 valence electrons. The molecule has 1 fully saturated rings. The summed E-state index contributed by atoms with van der Waals surface area (Å²) in [4.78, 5) is 16.3. The lowest BCUT2D eigenvalue weighted by Gasteiger charge is -2.36. The number of nitrogens with zero attached hydrogens (tertiary/aromatic N) is 3. The smallest absolute Gasteiger partial charge is 0.223 e. The number of para-hydroxylation sites is 2. The summed E-state index contributed by atoms with van der Waals surface area (Å²) in [5.41, 5.74) is 1.70. The second kappa shape index (κ2) is 6.97. The third-order valence-corrected chi connectivity index (χ3v) is 4.50. The van der Waals surface area contributed by atoms with Crippen molar-refractivity contribution in [2.45, 2.75) is 6.54 Å². The van der Waals surface area contributed by atoms with Gasteiger partial charge >= 0.3 is 0 Å². The number of aryl methyl sites for hydroxylation is 1. The fourth-order valence-electron chi connectivity index (χ4n) is 3.08. The highest BCUT2D eigenvalue weighted by Gasteiger charge is 2.20. The van der Waals surface area contributed by atoms with Crippen LogP contribution in [0.15, 0.2) is 41.3 Å². The van der Waals surface area contributed by atoms with E-state index in [1.807, 2.05) is 29.8 Å². The van der Waals surface area contributed by atoms with Crippen LogP contribution < -0.4 is 15.1 Å². The third-order valence-electron chi connectivity index (χ3n) is 4.50. The maximum absolute atomic E-state index is 11.6. The molecule has 6 nitrogen and oxygen atoms in total. The number of piperazine rings is 1. The second-order valence-corrected chi connectivity index (χ2v) is 6.06. The van der Waals surface area contributed by atoms with Crippen LogP contribution in [-0.4, -0.2) is 47.9 Å². The van der Waals surface area contributed by atoms with Gasteiger partial charge < -0.3 is 19.3 Å². The molecule has 0 bridgehead atoms. The quantitative estimate of drug-likeness (QED) is 0.919. The predicted octanol–water partition coefficient (Wildman–Crippen LogP) is 1.42. The molecule has 1 aliphatic rings. The summed E-state index contributed by atoms with van der Waals surface area (Å²) < 4.78 is 7.25. The number of pyridine rings is 1. The Balaban J connectivity index is 1.65. The van der Waals surface area contributed by atoms with E-state index >= 15 is 0 Å². The molecule has 0 atom stereocenters. The van der Waals surface area contributed by atoms with E-state index in [0.717, 1.165) is 43.3 Å². The maximum Gasteiger partial charge on any atom is 0.223 e. The number of hydrogen-bond acceptors (Lipinski definition) is 5. The van der Waals surface area contributed by atoms with Gasteiger partial charge in [0.05, 0.1) is 12.8 Å². The van der Waals surface area contributed by atoms with Gasteiger partial charge in [-0.05, 0) is 12.1 Å². The van der Waals surface area contributed by atoms with Crippen LogP contribution in [0.5, 0.6) is 11.5 Å². The van der Waals surface area contributed by atoms with Gasteiger partial charge in [-0.1, -0.05) is 12.1 Å². The number of aromatic nitrogens is 1. The number of methoxy groups -OCH3 is 1. The topological polar surface area (TPSA) is 57.9 Å². The summed E-state index contributed by atoms with van der Waals surface area (Å²) in [5, 5.41) is 9.48. The molecule has 2 heterocycles. The van der Waals surface area contributed by atoms with Crippen LogP contribution in [0.25, 0.3) is 0 Å². The van der Waals surface area contributed by atoms with Gasteiger partial charge in [-0.3, -0.25) is 9.69 Å². The van der Waals surface area contributed by atoms with Crippen LogP contribution in [0.1, 0.15) is 5.69 Å². The summed E-state index contributed by atoms with van der Waals surface area (Å²) in [6.45, 7) is 4.34. The number of hydrogen-bond donors (Lipinski definition) is 1. The van der Waals surface area contributed by atoms with E-state index in [1.54, 1.807) is 7.11 Å². The number of ether oxygens (including phenoxy) is 1. The Bertz CT molecular complexity index is 764. The first-order valence-electron chi connectivity index (χ1n) is 8.07. The number of rotatable bonds is 4. The fraction of sp³-hybridized carbons (Fsp3) is 0.389. The van der Waals surface area contributed by atoms with Gasteiger partial charge in [-0.2, -0.15) is 0 Å². The molecule has 2 aromatic rings. The Labute approximate surface area is 141 Å². The van der Waals surface area contributed by atoms with Crippen molar-refractivity contribution in [3.8, 4) is 11.5 Å². The Morgan fingerprint density at radius 3 is 2.58 bits per heavy atom. The zero-order valence-electron chi connectivity index (χ0n) is 14.1. The minimum Gasteiger partial charge on any atom is -0.503 e. The molecule has 0 unspecified atom stereocenters. The molecule has 1 saturated heterocycles. The van der Waals surface area contributed by atoms with E-state index < -0.39 is 0 Å². The minimum absolute atomic E-state index is 0.206. The van der Waals surface area contributed by atoms with Gasteiger partial charge in [-0.15, -0.1) is 0 Å². The van der Waals surface area contributed by atoms with E-state index in [4.69, 9.17) is 4.74 Å². The predicted molar refractivity (Wildman–Crippen MR) is 93.8 cm³/mol. The molecule has 0 aliphatic carbocycles. The van der Waals surface area contributed by atoms with Crippen LogP contribution in [-0.2, 0) is 13.6 Å². The normalized spacial score (nSPS) is 15.5. The van der Waals surface area contributed by atoms with Crippen LogP contribution in [0.2, 0.25) is 0 Å². The Morgan fingerprint density at radius 1 is 1.17 bits per heavy atom. The van der Waals surface area contributed by atoms with Gasteiger partial charge in [0.2, 0.25) is 5.43 Å². The number of aromatic hydroxyl groups is 1. The average Bonchev–Trinajstić information content (AvgIpc) is 2.60.